The van der Waals surface area contributed by atoms with E-state index in [1.807, 2.05) is 48.7 Å². The third kappa shape index (κ3) is 2.02. The van der Waals surface area contributed by atoms with Crippen molar-refractivity contribution in [1.29, 1.82) is 5.26 Å². The number of para-hydroxylation sites is 2. The highest BCUT2D eigenvalue weighted by atomic mass is 16.5. The van der Waals surface area contributed by atoms with Crippen LogP contribution in [0.1, 0.15) is 11.1 Å². The van der Waals surface area contributed by atoms with Gasteiger partial charge in [-0.3, -0.25) is 9.08 Å². The molecule has 6 nitrogen and oxygen atoms in total. The fourth-order valence-corrected chi connectivity index (χ4v) is 2.70. The second-order valence-corrected chi connectivity index (χ2v) is 5.36. The zero-order valence-corrected chi connectivity index (χ0v) is 12.7. The molecule has 0 bridgehead atoms. The highest BCUT2D eigenvalue weighted by molar-refractivity contribution is 5.83. The first-order valence-electron chi connectivity index (χ1n) is 7.15. The van der Waals surface area contributed by atoms with Gasteiger partial charge in [0.05, 0.1) is 29.0 Å². The molecule has 23 heavy (non-hydrogen) atoms. The van der Waals surface area contributed by atoms with E-state index in [2.05, 4.69) is 16.2 Å². The predicted octanol–water partition coefficient (Wildman–Crippen LogP) is 3.19. The molecule has 0 saturated carbocycles. The van der Waals surface area contributed by atoms with Gasteiger partial charge in [0.1, 0.15) is 6.07 Å². The van der Waals surface area contributed by atoms with Gasteiger partial charge in [-0.25, -0.2) is 4.98 Å². The van der Waals surface area contributed by atoms with Gasteiger partial charge < -0.3 is 4.74 Å². The molecule has 0 amide bonds. The van der Waals surface area contributed by atoms with Crippen molar-refractivity contribution in [2.45, 2.75) is 6.92 Å². The lowest BCUT2D eigenvalue weighted by Gasteiger charge is -2.09. The first-order chi connectivity index (χ1) is 11.2. The van der Waals surface area contributed by atoms with Crippen molar-refractivity contribution in [1.82, 2.24) is 19.2 Å². The van der Waals surface area contributed by atoms with E-state index in [0.717, 1.165) is 16.6 Å². The molecule has 0 fully saturated rings. The van der Waals surface area contributed by atoms with Gasteiger partial charge >= 0.3 is 0 Å². The van der Waals surface area contributed by atoms with Gasteiger partial charge in [0.2, 0.25) is 5.88 Å². The van der Waals surface area contributed by atoms with E-state index >= 15 is 0 Å². The van der Waals surface area contributed by atoms with Crippen molar-refractivity contribution in [3.8, 4) is 17.7 Å². The molecule has 3 heterocycles. The van der Waals surface area contributed by atoms with E-state index in [-0.39, 0.29) is 0 Å². The lowest BCUT2D eigenvalue weighted by Crippen LogP contribution is -1.98. The Morgan fingerprint density at radius 2 is 2.09 bits per heavy atom. The normalized spacial score (nSPS) is 11.0. The second-order valence-electron chi connectivity index (χ2n) is 5.36. The Morgan fingerprint density at radius 3 is 2.83 bits per heavy atom. The van der Waals surface area contributed by atoms with E-state index in [4.69, 9.17) is 4.74 Å². The maximum absolute atomic E-state index is 9.47. The molecule has 1 aromatic carbocycles. The number of fused-ring (bicyclic) bond motifs is 3. The van der Waals surface area contributed by atoms with Gasteiger partial charge in [-0.15, -0.1) is 0 Å². The summed E-state index contributed by atoms with van der Waals surface area (Å²) in [7, 11) is 1.83. The molecular weight excluding hydrogens is 290 g/mol. The Balaban J connectivity index is 2.05. The van der Waals surface area contributed by atoms with Gasteiger partial charge in [-0.05, 0) is 24.6 Å². The second kappa shape index (κ2) is 4.85. The van der Waals surface area contributed by atoms with E-state index in [1.165, 1.54) is 0 Å². The average molecular weight is 303 g/mol. The minimum Gasteiger partial charge on any atom is -0.437 e. The molecule has 0 unspecified atom stereocenters. The number of aryl methyl sites for hydroxylation is 2. The van der Waals surface area contributed by atoms with Crippen LogP contribution in [0.25, 0.3) is 16.7 Å². The molecule has 0 saturated heterocycles. The number of hydrogen-bond donors (Lipinski definition) is 0. The lowest BCUT2D eigenvalue weighted by molar-refractivity contribution is 0.457. The molecule has 0 aliphatic heterocycles. The highest BCUT2D eigenvalue weighted by Crippen LogP contribution is 2.30. The molecule has 112 valence electrons. The number of pyridine rings is 1. The summed E-state index contributed by atoms with van der Waals surface area (Å²) >= 11 is 0. The lowest BCUT2D eigenvalue weighted by atomic mass is 10.1. The Labute approximate surface area is 132 Å². The number of rotatable bonds is 2. The van der Waals surface area contributed by atoms with E-state index in [0.29, 0.717) is 22.8 Å². The van der Waals surface area contributed by atoms with Gasteiger partial charge in [0, 0.05) is 13.1 Å². The monoisotopic (exact) mass is 303 g/mol. The fourth-order valence-electron chi connectivity index (χ4n) is 2.70. The Morgan fingerprint density at radius 1 is 1.26 bits per heavy atom. The molecule has 6 heteroatoms. The summed E-state index contributed by atoms with van der Waals surface area (Å²) in [4.78, 5) is 4.59. The Bertz CT molecular complexity index is 1080. The van der Waals surface area contributed by atoms with Crippen LogP contribution >= 0.6 is 0 Å². The molecule has 0 atom stereocenters. The minimum absolute atomic E-state index is 0.555. The third-order valence-electron chi connectivity index (χ3n) is 3.75. The Kier molecular flexibility index (Phi) is 2.81. The number of aromatic nitrogens is 4. The summed E-state index contributed by atoms with van der Waals surface area (Å²) in [5.41, 5.74) is 3.71. The maximum Gasteiger partial charge on any atom is 0.206 e. The van der Waals surface area contributed by atoms with Crippen molar-refractivity contribution in [3.05, 3.63) is 53.9 Å². The number of nitriles is 1. The summed E-state index contributed by atoms with van der Waals surface area (Å²) in [5, 5.41) is 13.6. The van der Waals surface area contributed by atoms with Crippen LogP contribution in [0.15, 0.2) is 42.7 Å². The third-order valence-corrected chi connectivity index (χ3v) is 3.75. The van der Waals surface area contributed by atoms with Gasteiger partial charge in [-0.1, -0.05) is 12.1 Å². The van der Waals surface area contributed by atoms with Gasteiger partial charge in [-0.2, -0.15) is 10.4 Å². The van der Waals surface area contributed by atoms with Crippen LogP contribution in [-0.4, -0.2) is 19.2 Å². The molecule has 0 spiro atoms. The predicted molar refractivity (Wildman–Crippen MR) is 85.4 cm³/mol. The quantitative estimate of drug-likeness (QED) is 0.570. The standard InChI is InChI=1S/C17H13N5O/c1-11-7-16(23-12-9-19-21(2)10-12)22-15-6-4-3-5-14(15)20-17(22)13(11)8-18/h3-7,9-10H,1-2H3. The summed E-state index contributed by atoms with van der Waals surface area (Å²) in [6.07, 6.45) is 3.44. The molecule has 4 aromatic rings. The highest BCUT2D eigenvalue weighted by Gasteiger charge is 2.16. The largest absolute Gasteiger partial charge is 0.437 e. The summed E-state index contributed by atoms with van der Waals surface area (Å²) < 4.78 is 9.53. The number of imidazole rings is 1. The zero-order chi connectivity index (χ0) is 16.0. The van der Waals surface area contributed by atoms with Crippen LogP contribution < -0.4 is 4.74 Å². The maximum atomic E-state index is 9.47. The zero-order valence-electron chi connectivity index (χ0n) is 12.7. The van der Waals surface area contributed by atoms with Crippen molar-refractivity contribution in [2.75, 3.05) is 0 Å². The Hall–Kier alpha value is -3.33. The molecule has 0 radical (unpaired) electrons. The van der Waals surface area contributed by atoms with Crippen LogP contribution in [0.2, 0.25) is 0 Å². The van der Waals surface area contributed by atoms with E-state index < -0.39 is 0 Å². The van der Waals surface area contributed by atoms with E-state index in [1.54, 1.807) is 17.1 Å². The first-order valence-corrected chi connectivity index (χ1v) is 7.15. The number of nitrogens with zero attached hydrogens (tertiary/aromatic N) is 5. The summed E-state index contributed by atoms with van der Waals surface area (Å²) in [5.74, 6) is 1.24. The minimum atomic E-state index is 0.555. The first kappa shape index (κ1) is 13.3. The molecule has 0 aliphatic carbocycles. The number of benzene rings is 1. The molecular formula is C17H13N5O. The molecule has 4 rings (SSSR count). The van der Waals surface area contributed by atoms with Gasteiger partial charge in [0.15, 0.2) is 11.4 Å². The summed E-state index contributed by atoms with van der Waals surface area (Å²) in [6, 6.07) is 11.8. The van der Waals surface area contributed by atoms with Crippen LogP contribution in [0.3, 0.4) is 0 Å². The van der Waals surface area contributed by atoms with Crippen LogP contribution in [-0.2, 0) is 7.05 Å². The smallest absolute Gasteiger partial charge is 0.206 e. The van der Waals surface area contributed by atoms with Crippen molar-refractivity contribution < 1.29 is 4.74 Å². The SMILES string of the molecule is Cc1cc(Oc2cnn(C)c2)n2c(nc3ccccc32)c1C#N. The van der Waals surface area contributed by atoms with Gasteiger partial charge in [0.25, 0.3) is 0 Å². The van der Waals surface area contributed by atoms with Crippen LogP contribution in [0.4, 0.5) is 0 Å². The van der Waals surface area contributed by atoms with Crippen LogP contribution in [0.5, 0.6) is 11.6 Å². The van der Waals surface area contributed by atoms with Crippen LogP contribution in [0, 0.1) is 18.3 Å². The van der Waals surface area contributed by atoms with E-state index in [9.17, 15) is 5.26 Å². The number of ether oxygens (including phenoxy) is 1. The molecule has 0 N–H and O–H groups in total. The van der Waals surface area contributed by atoms with Crippen molar-refractivity contribution in [2.24, 2.45) is 7.05 Å². The average Bonchev–Trinajstić information content (AvgIpc) is 3.11. The topological polar surface area (TPSA) is 68.1 Å². The molecule has 0 aliphatic rings. The van der Waals surface area contributed by atoms with Crippen molar-refractivity contribution >= 4 is 16.7 Å². The summed E-state index contributed by atoms with van der Waals surface area (Å²) in [6.45, 7) is 1.88. The number of hydrogen-bond acceptors (Lipinski definition) is 4. The molecule has 3 aromatic heterocycles. The van der Waals surface area contributed by atoms with Crippen molar-refractivity contribution in [3.63, 3.8) is 0 Å². The fraction of sp³-hybridized carbons (Fsp3) is 0.118.